The lowest BCUT2D eigenvalue weighted by Gasteiger charge is -2.14. The van der Waals surface area contributed by atoms with Crippen molar-refractivity contribution in [3.05, 3.63) is 188 Å². The molecule has 0 atom stereocenters. The average molecular weight is 717 g/mol. The molecule has 0 aliphatic heterocycles. The number of H-pyrrole nitrogens is 1. The monoisotopic (exact) mass is 716 g/mol. The predicted octanol–water partition coefficient (Wildman–Crippen LogP) is 14.9. The van der Waals surface area contributed by atoms with Gasteiger partial charge < -0.3 is 9.55 Å². The number of aromatic nitrogens is 2. The zero-order chi connectivity index (χ0) is 36.0. The van der Waals surface area contributed by atoms with Crippen LogP contribution in [0.25, 0.3) is 114 Å². The second-order valence-electron chi connectivity index (χ2n) is 14.6. The zero-order valence-electron chi connectivity index (χ0n) is 29.8. The van der Waals surface area contributed by atoms with Crippen LogP contribution in [0.15, 0.2) is 188 Å². The van der Waals surface area contributed by atoms with Crippen LogP contribution in [0, 0.1) is 0 Å². The van der Waals surface area contributed by atoms with Gasteiger partial charge in [-0.1, -0.05) is 140 Å². The van der Waals surface area contributed by atoms with Crippen molar-refractivity contribution in [1.82, 2.24) is 9.55 Å². The highest BCUT2D eigenvalue weighted by atomic mass is 32.1. The number of rotatable bonds is 4. The largest absolute Gasteiger partial charge is 0.354 e. The van der Waals surface area contributed by atoms with E-state index >= 15 is 0 Å². The van der Waals surface area contributed by atoms with Crippen molar-refractivity contribution in [3.8, 4) is 39.1 Å². The lowest BCUT2D eigenvalue weighted by molar-refractivity contribution is 1.18. The maximum Gasteiger partial charge on any atom is 0.0565 e. The second kappa shape index (κ2) is 11.8. The Hall–Kier alpha value is -6.94. The summed E-state index contributed by atoms with van der Waals surface area (Å²) >= 11 is 1.91. The minimum absolute atomic E-state index is 1.16. The van der Waals surface area contributed by atoms with Gasteiger partial charge in [0.05, 0.1) is 16.6 Å². The van der Waals surface area contributed by atoms with Gasteiger partial charge in [-0.3, -0.25) is 0 Å². The molecular weight excluding hydrogens is 685 g/mol. The maximum atomic E-state index is 3.93. The molecule has 0 aliphatic carbocycles. The Labute approximate surface area is 321 Å². The van der Waals surface area contributed by atoms with Crippen molar-refractivity contribution in [2.75, 3.05) is 0 Å². The Balaban J connectivity index is 1.17. The van der Waals surface area contributed by atoms with E-state index in [4.69, 9.17) is 0 Å². The third kappa shape index (κ3) is 4.60. The number of aromatic amines is 1. The molecule has 3 heterocycles. The van der Waals surface area contributed by atoms with E-state index in [0.29, 0.717) is 0 Å². The third-order valence-electron chi connectivity index (χ3n) is 11.5. The molecule has 55 heavy (non-hydrogen) atoms. The Kier molecular flexibility index (Phi) is 6.54. The van der Waals surface area contributed by atoms with Crippen LogP contribution in [-0.2, 0) is 0 Å². The lowest BCUT2D eigenvalue weighted by atomic mass is 9.97. The van der Waals surface area contributed by atoms with Gasteiger partial charge >= 0.3 is 0 Å². The molecule has 0 saturated carbocycles. The summed E-state index contributed by atoms with van der Waals surface area (Å²) in [5.74, 6) is 0. The van der Waals surface area contributed by atoms with E-state index in [-0.39, 0.29) is 0 Å². The van der Waals surface area contributed by atoms with Crippen molar-refractivity contribution in [2.24, 2.45) is 0 Å². The molecule has 3 aromatic heterocycles. The second-order valence-corrected chi connectivity index (χ2v) is 15.6. The summed E-state index contributed by atoms with van der Waals surface area (Å²) in [4.78, 5) is 3.93. The fourth-order valence-electron chi connectivity index (χ4n) is 8.98. The fraction of sp³-hybridized carbons (Fsp3) is 0. The van der Waals surface area contributed by atoms with Gasteiger partial charge in [-0.15, -0.1) is 11.3 Å². The van der Waals surface area contributed by atoms with Gasteiger partial charge in [-0.2, -0.15) is 0 Å². The molecule has 12 aromatic rings. The van der Waals surface area contributed by atoms with E-state index < -0.39 is 0 Å². The minimum Gasteiger partial charge on any atom is -0.354 e. The summed E-state index contributed by atoms with van der Waals surface area (Å²) in [6.07, 6.45) is 0. The van der Waals surface area contributed by atoms with E-state index in [2.05, 4.69) is 198 Å². The standard InChI is InChI=1S/C52H32N2S/c1-4-14-32(15-5-1)35-24-25-45-43(29-35)49-40-21-10-11-22-41(40)52-50(51(49)53-45)44-30-42-39-20-12-13-23-46(39)54(47(42)31-48(44)55-52)38-27-36(33-16-6-2-7-17-33)26-37(28-38)34-18-8-3-9-19-34/h1-31,53H. The van der Waals surface area contributed by atoms with Crippen LogP contribution in [-0.4, -0.2) is 9.55 Å². The number of fused-ring (bicyclic) bond motifs is 13. The molecule has 0 radical (unpaired) electrons. The van der Waals surface area contributed by atoms with Crippen LogP contribution in [0.1, 0.15) is 0 Å². The van der Waals surface area contributed by atoms with Crippen molar-refractivity contribution >= 4 is 85.9 Å². The molecule has 9 aromatic carbocycles. The van der Waals surface area contributed by atoms with Crippen molar-refractivity contribution < 1.29 is 0 Å². The van der Waals surface area contributed by atoms with Crippen molar-refractivity contribution in [2.45, 2.75) is 0 Å². The van der Waals surface area contributed by atoms with E-state index in [1.54, 1.807) is 0 Å². The Morgan fingerprint density at radius 2 is 0.964 bits per heavy atom. The van der Waals surface area contributed by atoms with E-state index in [0.717, 1.165) is 11.2 Å². The quantitative estimate of drug-likeness (QED) is 0.187. The summed E-state index contributed by atoms with van der Waals surface area (Å²) in [6, 6.07) is 68.9. The van der Waals surface area contributed by atoms with Gasteiger partial charge in [0.2, 0.25) is 0 Å². The molecule has 1 N–H and O–H groups in total. The van der Waals surface area contributed by atoms with E-state index in [1.165, 1.54) is 102 Å². The molecule has 0 spiro atoms. The number of para-hydroxylation sites is 1. The highest BCUT2D eigenvalue weighted by Gasteiger charge is 2.21. The third-order valence-corrected chi connectivity index (χ3v) is 12.7. The van der Waals surface area contributed by atoms with Gasteiger partial charge in [0.15, 0.2) is 0 Å². The highest BCUT2D eigenvalue weighted by molar-refractivity contribution is 7.27. The van der Waals surface area contributed by atoms with Crippen molar-refractivity contribution in [3.63, 3.8) is 0 Å². The first kappa shape index (κ1) is 30.5. The number of nitrogens with one attached hydrogen (secondary N) is 1. The van der Waals surface area contributed by atoms with Gasteiger partial charge in [0.1, 0.15) is 0 Å². The molecule has 0 bridgehead atoms. The predicted molar refractivity (Wildman–Crippen MR) is 237 cm³/mol. The molecule has 0 saturated heterocycles. The van der Waals surface area contributed by atoms with E-state index in [9.17, 15) is 0 Å². The summed E-state index contributed by atoms with van der Waals surface area (Å²) in [6.45, 7) is 0. The smallest absolute Gasteiger partial charge is 0.0565 e. The minimum atomic E-state index is 1.16. The zero-order valence-corrected chi connectivity index (χ0v) is 30.6. The number of hydrogen-bond acceptors (Lipinski definition) is 1. The van der Waals surface area contributed by atoms with Crippen LogP contribution in [0.4, 0.5) is 0 Å². The van der Waals surface area contributed by atoms with Crippen LogP contribution in [0.5, 0.6) is 0 Å². The normalized spacial score (nSPS) is 12.0. The topological polar surface area (TPSA) is 20.7 Å². The number of nitrogens with zero attached hydrogens (tertiary/aromatic N) is 1. The first-order valence-corrected chi connectivity index (χ1v) is 19.7. The molecule has 0 unspecified atom stereocenters. The maximum absolute atomic E-state index is 3.93. The fourth-order valence-corrected chi connectivity index (χ4v) is 10.2. The van der Waals surface area contributed by atoms with Crippen LogP contribution in [0.3, 0.4) is 0 Å². The van der Waals surface area contributed by atoms with Gasteiger partial charge in [-0.25, -0.2) is 0 Å². The molecule has 12 rings (SSSR count). The first-order valence-electron chi connectivity index (χ1n) is 18.8. The average Bonchev–Trinajstić information content (AvgIpc) is 3.93. The number of benzene rings is 9. The van der Waals surface area contributed by atoms with Crippen LogP contribution < -0.4 is 0 Å². The Morgan fingerprint density at radius 1 is 0.364 bits per heavy atom. The number of thiophene rings is 1. The van der Waals surface area contributed by atoms with Crippen LogP contribution in [0.2, 0.25) is 0 Å². The molecule has 3 heteroatoms. The summed E-state index contributed by atoms with van der Waals surface area (Å²) < 4.78 is 5.10. The lowest BCUT2D eigenvalue weighted by Crippen LogP contribution is -1.96. The van der Waals surface area contributed by atoms with Crippen molar-refractivity contribution in [1.29, 1.82) is 0 Å². The summed E-state index contributed by atoms with van der Waals surface area (Å²) in [5.41, 5.74) is 13.2. The van der Waals surface area contributed by atoms with Gasteiger partial charge in [0, 0.05) is 58.3 Å². The van der Waals surface area contributed by atoms with Crippen LogP contribution >= 0.6 is 11.3 Å². The van der Waals surface area contributed by atoms with Gasteiger partial charge in [0.25, 0.3) is 0 Å². The van der Waals surface area contributed by atoms with E-state index in [1.807, 2.05) is 11.3 Å². The number of hydrogen-bond donors (Lipinski definition) is 1. The molecule has 2 nitrogen and oxygen atoms in total. The SMILES string of the molecule is c1ccc(-c2cc(-c3ccccc3)cc(-n3c4ccccc4c4cc5c(cc43)sc3c4ccccc4c4c6cc(-c7ccccc7)ccc6[nH]c4c53)c2)cc1. The molecule has 0 aliphatic rings. The Bertz CT molecular complexity index is 3400. The Morgan fingerprint density at radius 3 is 1.65 bits per heavy atom. The summed E-state index contributed by atoms with van der Waals surface area (Å²) in [5, 5.41) is 10.3. The first-order chi connectivity index (χ1) is 27.3. The summed E-state index contributed by atoms with van der Waals surface area (Å²) in [7, 11) is 0. The highest BCUT2D eigenvalue weighted by Crippen LogP contribution is 2.48. The molecule has 0 amide bonds. The van der Waals surface area contributed by atoms with Gasteiger partial charge in [-0.05, 0) is 87.3 Å². The molecule has 256 valence electrons. The molecule has 0 fully saturated rings. The molecular formula is C52H32N2S.